The van der Waals surface area contributed by atoms with Gasteiger partial charge in [-0.25, -0.2) is 0 Å². The van der Waals surface area contributed by atoms with E-state index in [-0.39, 0.29) is 6.41 Å². The normalized spacial score (nSPS) is 7.62. The predicted octanol–water partition coefficient (Wildman–Crippen LogP) is -1.15. The van der Waals surface area contributed by atoms with Gasteiger partial charge in [0.1, 0.15) is 0 Å². The van der Waals surface area contributed by atoms with E-state index in [9.17, 15) is 14.4 Å². The number of carbonyl (C=O) groups is 3. The molecular weight excluding hydrogens is 110 g/mol. The Hall–Kier alpha value is -1.19. The van der Waals surface area contributed by atoms with Gasteiger partial charge in [-0.3, -0.25) is 19.7 Å². The zero-order chi connectivity index (χ0) is 6.57. The first-order valence-corrected chi connectivity index (χ1v) is 1.93. The number of hydrogen-bond acceptors (Lipinski definition) is 3. The summed E-state index contributed by atoms with van der Waals surface area (Å²) in [5.41, 5.74) is 0. The third-order valence-corrected chi connectivity index (χ3v) is 0.510. The minimum atomic E-state index is -0.875. The molecule has 0 rings (SSSR count). The SMILES string of the molecule is CC(=O)C(=O)NC=O. The maximum Gasteiger partial charge on any atom is 0.293 e. The minimum absolute atomic E-state index is 0.170. The molecule has 1 N–H and O–H groups in total. The molecule has 0 aromatic rings. The molecule has 2 amide bonds. The molecule has 8 heavy (non-hydrogen) atoms. The average molecular weight is 115 g/mol. The summed E-state index contributed by atoms with van der Waals surface area (Å²) in [5.74, 6) is -1.54. The van der Waals surface area contributed by atoms with Gasteiger partial charge in [0.15, 0.2) is 0 Å². The molecule has 0 heterocycles. The second-order valence-corrected chi connectivity index (χ2v) is 1.15. The maximum absolute atomic E-state index is 10.1. The van der Waals surface area contributed by atoms with Crippen LogP contribution < -0.4 is 5.32 Å². The summed E-state index contributed by atoms with van der Waals surface area (Å²) < 4.78 is 0. The summed E-state index contributed by atoms with van der Waals surface area (Å²) in [6.45, 7) is 1.08. The highest BCUT2D eigenvalue weighted by atomic mass is 16.2. The first-order chi connectivity index (χ1) is 3.68. The van der Waals surface area contributed by atoms with Gasteiger partial charge in [0.05, 0.1) is 0 Å². The van der Waals surface area contributed by atoms with Crippen LogP contribution in [0.15, 0.2) is 0 Å². The molecule has 4 heteroatoms. The van der Waals surface area contributed by atoms with Crippen molar-refractivity contribution in [2.75, 3.05) is 0 Å². The lowest BCUT2D eigenvalue weighted by Gasteiger charge is -1.85. The summed E-state index contributed by atoms with van der Waals surface area (Å²) in [4.78, 5) is 29.4. The van der Waals surface area contributed by atoms with Crippen molar-refractivity contribution in [2.45, 2.75) is 6.92 Å². The number of Topliss-reactive ketones (excluding diaryl/α,β-unsaturated/α-hetero) is 1. The Morgan fingerprint density at radius 3 is 2.12 bits per heavy atom. The fourth-order valence-corrected chi connectivity index (χ4v) is 0.155. The predicted molar refractivity (Wildman–Crippen MR) is 24.9 cm³/mol. The van der Waals surface area contributed by atoms with E-state index in [0.29, 0.717) is 0 Å². The highest BCUT2D eigenvalue weighted by molar-refractivity contribution is 6.36. The number of ketones is 1. The van der Waals surface area contributed by atoms with Crippen LogP contribution >= 0.6 is 0 Å². The lowest BCUT2D eigenvalue weighted by atomic mass is 10.4. The molecule has 4 nitrogen and oxygen atoms in total. The zero-order valence-electron chi connectivity index (χ0n) is 4.30. The van der Waals surface area contributed by atoms with Crippen molar-refractivity contribution in [1.29, 1.82) is 0 Å². The first-order valence-electron chi connectivity index (χ1n) is 1.93. The van der Waals surface area contributed by atoms with Gasteiger partial charge in [0, 0.05) is 6.92 Å². The number of hydrogen-bond donors (Lipinski definition) is 1. The summed E-state index contributed by atoms with van der Waals surface area (Å²) in [6, 6.07) is 0. The average Bonchev–Trinajstić information content (AvgIpc) is 1.67. The van der Waals surface area contributed by atoms with Crippen molar-refractivity contribution in [3.8, 4) is 0 Å². The van der Waals surface area contributed by atoms with Crippen LogP contribution in [0.25, 0.3) is 0 Å². The van der Waals surface area contributed by atoms with Crippen LogP contribution in [-0.4, -0.2) is 18.1 Å². The van der Waals surface area contributed by atoms with E-state index < -0.39 is 11.7 Å². The Bertz CT molecular complexity index is 129. The molecule has 0 unspecified atom stereocenters. The Labute approximate surface area is 45.9 Å². The highest BCUT2D eigenvalue weighted by Crippen LogP contribution is 1.63. The van der Waals surface area contributed by atoms with Gasteiger partial charge in [-0.15, -0.1) is 0 Å². The summed E-state index contributed by atoms with van der Waals surface area (Å²) in [5, 5.41) is 1.68. The van der Waals surface area contributed by atoms with E-state index in [2.05, 4.69) is 0 Å². The van der Waals surface area contributed by atoms with Gasteiger partial charge >= 0.3 is 0 Å². The van der Waals surface area contributed by atoms with E-state index in [1.165, 1.54) is 0 Å². The number of imide groups is 1. The van der Waals surface area contributed by atoms with Crippen LogP contribution in [0.4, 0.5) is 0 Å². The zero-order valence-corrected chi connectivity index (χ0v) is 4.30. The minimum Gasteiger partial charge on any atom is -0.292 e. The molecule has 0 saturated carbocycles. The van der Waals surface area contributed by atoms with Crippen LogP contribution in [0.3, 0.4) is 0 Å². The fraction of sp³-hybridized carbons (Fsp3) is 0.250. The summed E-state index contributed by atoms with van der Waals surface area (Å²) in [6.07, 6.45) is 0.170. The number of rotatable bonds is 2. The van der Waals surface area contributed by atoms with E-state index in [0.717, 1.165) is 6.92 Å². The third-order valence-electron chi connectivity index (χ3n) is 0.510. The molecule has 0 aromatic carbocycles. The highest BCUT2D eigenvalue weighted by Gasteiger charge is 2.02. The lowest BCUT2D eigenvalue weighted by molar-refractivity contribution is -0.138. The molecule has 0 saturated heterocycles. The van der Waals surface area contributed by atoms with Crippen molar-refractivity contribution in [3.63, 3.8) is 0 Å². The molecule has 0 aliphatic carbocycles. The number of carbonyl (C=O) groups excluding carboxylic acids is 3. The molecular formula is C4H5NO3. The molecule has 0 radical (unpaired) electrons. The van der Waals surface area contributed by atoms with Crippen molar-refractivity contribution >= 4 is 18.1 Å². The van der Waals surface area contributed by atoms with Crippen LogP contribution in [0.5, 0.6) is 0 Å². The van der Waals surface area contributed by atoms with Crippen molar-refractivity contribution in [3.05, 3.63) is 0 Å². The topological polar surface area (TPSA) is 63.2 Å². The Morgan fingerprint density at radius 1 is 1.50 bits per heavy atom. The Morgan fingerprint density at radius 2 is 2.00 bits per heavy atom. The number of amides is 2. The van der Waals surface area contributed by atoms with Gasteiger partial charge in [-0.05, 0) is 0 Å². The molecule has 44 valence electrons. The second kappa shape index (κ2) is 2.90. The Balaban J connectivity index is 3.65. The smallest absolute Gasteiger partial charge is 0.292 e. The maximum atomic E-state index is 10.1. The van der Waals surface area contributed by atoms with Gasteiger partial charge in [-0.1, -0.05) is 0 Å². The van der Waals surface area contributed by atoms with E-state index in [4.69, 9.17) is 0 Å². The first kappa shape index (κ1) is 6.81. The van der Waals surface area contributed by atoms with Gasteiger partial charge in [0.2, 0.25) is 12.2 Å². The van der Waals surface area contributed by atoms with Crippen molar-refractivity contribution in [2.24, 2.45) is 0 Å². The van der Waals surface area contributed by atoms with Crippen molar-refractivity contribution in [1.82, 2.24) is 5.32 Å². The molecule has 0 aliphatic heterocycles. The van der Waals surface area contributed by atoms with Gasteiger partial charge in [-0.2, -0.15) is 0 Å². The van der Waals surface area contributed by atoms with Crippen LogP contribution in [0.2, 0.25) is 0 Å². The molecule has 0 atom stereocenters. The standard InChI is InChI=1S/C4H5NO3/c1-3(7)4(8)5-2-6/h2H,1H3,(H,5,6,8). The largest absolute Gasteiger partial charge is 0.293 e. The van der Waals surface area contributed by atoms with Gasteiger partial charge < -0.3 is 0 Å². The fourth-order valence-electron chi connectivity index (χ4n) is 0.155. The lowest BCUT2D eigenvalue weighted by Crippen LogP contribution is -2.27. The molecule has 0 aliphatic rings. The summed E-state index contributed by atoms with van der Waals surface area (Å²) in [7, 11) is 0. The molecule has 0 spiro atoms. The van der Waals surface area contributed by atoms with Crippen LogP contribution in [-0.2, 0) is 14.4 Å². The summed E-state index contributed by atoms with van der Waals surface area (Å²) >= 11 is 0. The van der Waals surface area contributed by atoms with Crippen LogP contribution in [0.1, 0.15) is 6.92 Å². The van der Waals surface area contributed by atoms with Crippen molar-refractivity contribution < 1.29 is 14.4 Å². The third kappa shape index (κ3) is 2.07. The van der Waals surface area contributed by atoms with Gasteiger partial charge in [0.25, 0.3) is 5.91 Å². The van der Waals surface area contributed by atoms with Crippen LogP contribution in [0, 0.1) is 0 Å². The monoisotopic (exact) mass is 115 g/mol. The second-order valence-electron chi connectivity index (χ2n) is 1.15. The van der Waals surface area contributed by atoms with E-state index in [1.807, 2.05) is 0 Å². The Kier molecular flexibility index (Phi) is 2.47. The van der Waals surface area contributed by atoms with E-state index >= 15 is 0 Å². The molecule has 0 fully saturated rings. The van der Waals surface area contributed by atoms with E-state index in [1.54, 1.807) is 5.32 Å². The number of nitrogens with one attached hydrogen (secondary N) is 1. The quantitative estimate of drug-likeness (QED) is 0.365. The molecule has 0 bridgehead atoms. The molecule has 0 aromatic heterocycles.